The fourth-order valence-corrected chi connectivity index (χ4v) is 3.07. The van der Waals surface area contributed by atoms with Crippen LogP contribution in [0.5, 0.6) is 11.5 Å². The number of aliphatic hydroxyl groups is 1. The molecule has 0 aliphatic carbocycles. The highest BCUT2D eigenvalue weighted by atomic mass is 32.2. The number of rotatable bonds is 9. The topological polar surface area (TPSA) is 97.6 Å². The third-order valence-electron chi connectivity index (χ3n) is 3.05. The molecular weight excluding hydrogens is 322 g/mol. The summed E-state index contributed by atoms with van der Waals surface area (Å²) in [5, 5.41) is 19.3. The van der Waals surface area contributed by atoms with Crippen molar-refractivity contribution in [3.8, 4) is 11.5 Å². The first-order chi connectivity index (χ1) is 11.1. The molecule has 0 saturated heterocycles. The van der Waals surface area contributed by atoms with E-state index < -0.39 is 5.72 Å². The Kier molecular flexibility index (Phi) is 6.26. The van der Waals surface area contributed by atoms with Crippen molar-refractivity contribution in [1.29, 1.82) is 0 Å². The Balaban J connectivity index is 1.98. The average Bonchev–Trinajstić information content (AvgIpc) is 2.89. The molecule has 2 rings (SSSR count). The second kappa shape index (κ2) is 8.19. The highest BCUT2D eigenvalue weighted by Gasteiger charge is 2.33. The smallest absolute Gasteiger partial charge is 0.295 e. The Morgan fingerprint density at radius 1 is 1.39 bits per heavy atom. The van der Waals surface area contributed by atoms with E-state index in [0.29, 0.717) is 41.8 Å². The Bertz CT molecular complexity index is 579. The summed E-state index contributed by atoms with van der Waals surface area (Å²) in [6.07, 6.45) is 0. The molecule has 1 aromatic carbocycles. The first-order valence-electron chi connectivity index (χ1n) is 7.07. The fourth-order valence-electron chi connectivity index (χ4n) is 1.95. The molecule has 0 amide bonds. The number of carbonyl (C=O) groups is 1. The second-order valence-corrected chi connectivity index (χ2v) is 5.92. The number of phenols is 1. The molecule has 1 heterocycles. The van der Waals surface area contributed by atoms with Crippen LogP contribution in [0.3, 0.4) is 0 Å². The summed E-state index contributed by atoms with van der Waals surface area (Å²) in [7, 11) is 0. The van der Waals surface area contributed by atoms with E-state index in [1.807, 2.05) is 0 Å². The number of nitrogens with zero attached hydrogens (tertiary/aromatic N) is 1. The number of aliphatic imine (C=N–C) groups is 1. The molecule has 0 fully saturated rings. The van der Waals surface area contributed by atoms with Gasteiger partial charge < -0.3 is 24.4 Å². The zero-order chi connectivity index (χ0) is 16.7. The number of aliphatic hydroxyl groups excluding tert-OH is 1. The maximum atomic E-state index is 10.5. The van der Waals surface area contributed by atoms with Crippen LogP contribution in [-0.2, 0) is 14.3 Å². The minimum absolute atomic E-state index is 0.0258. The van der Waals surface area contributed by atoms with Crippen molar-refractivity contribution in [2.24, 2.45) is 4.99 Å². The lowest BCUT2D eigenvalue weighted by atomic mass is 10.2. The van der Waals surface area contributed by atoms with Crippen LogP contribution in [0.25, 0.3) is 0 Å². The van der Waals surface area contributed by atoms with Gasteiger partial charge in [-0.15, -0.1) is 0 Å². The zero-order valence-corrected chi connectivity index (χ0v) is 13.5. The van der Waals surface area contributed by atoms with E-state index >= 15 is 0 Å². The molecule has 1 aliphatic heterocycles. The molecule has 7 nitrogen and oxygen atoms in total. The summed E-state index contributed by atoms with van der Waals surface area (Å²) in [6.45, 7) is 3.01. The van der Waals surface area contributed by atoms with Crippen LogP contribution in [-0.4, -0.2) is 59.6 Å². The van der Waals surface area contributed by atoms with Gasteiger partial charge in [0.15, 0.2) is 0 Å². The van der Waals surface area contributed by atoms with Gasteiger partial charge >= 0.3 is 0 Å². The van der Waals surface area contributed by atoms with Gasteiger partial charge in [-0.3, -0.25) is 4.79 Å². The fraction of sp³-hybridized carbons (Fsp3) is 0.467. The number of aromatic hydroxyl groups is 1. The van der Waals surface area contributed by atoms with Crippen molar-refractivity contribution >= 4 is 23.3 Å². The molecule has 1 aromatic rings. The maximum absolute atomic E-state index is 10.5. The predicted molar refractivity (Wildman–Crippen MR) is 86.1 cm³/mol. The SMILES string of the molecule is C[C@]1(OC=O)CSC(c2ccc(OCCOCCO)cc2O)=N1. The minimum atomic E-state index is -0.895. The highest BCUT2D eigenvalue weighted by Crippen LogP contribution is 2.35. The lowest BCUT2D eigenvalue weighted by Crippen LogP contribution is -2.25. The van der Waals surface area contributed by atoms with Gasteiger partial charge in [-0.25, -0.2) is 4.99 Å². The summed E-state index contributed by atoms with van der Waals surface area (Å²) in [5.41, 5.74) is -0.329. The third kappa shape index (κ3) is 4.85. The monoisotopic (exact) mass is 341 g/mol. The molecule has 23 heavy (non-hydrogen) atoms. The number of phenolic OH excluding ortho intramolecular Hbond substituents is 1. The maximum Gasteiger partial charge on any atom is 0.295 e. The normalized spacial score (nSPS) is 20.2. The molecule has 0 unspecified atom stereocenters. The second-order valence-electron chi connectivity index (χ2n) is 4.96. The molecule has 0 spiro atoms. The van der Waals surface area contributed by atoms with Gasteiger partial charge in [0.1, 0.15) is 23.1 Å². The number of benzene rings is 1. The van der Waals surface area contributed by atoms with Gasteiger partial charge in [0.25, 0.3) is 6.47 Å². The number of carbonyl (C=O) groups excluding carboxylic acids is 1. The Hall–Kier alpha value is -1.77. The van der Waals surface area contributed by atoms with Gasteiger partial charge in [-0.2, -0.15) is 0 Å². The van der Waals surface area contributed by atoms with Crippen LogP contribution in [0.4, 0.5) is 0 Å². The number of hydrogen-bond donors (Lipinski definition) is 2. The van der Waals surface area contributed by atoms with Crippen molar-refractivity contribution in [3.63, 3.8) is 0 Å². The Morgan fingerprint density at radius 2 is 2.22 bits per heavy atom. The van der Waals surface area contributed by atoms with Crippen molar-refractivity contribution in [2.75, 3.05) is 32.2 Å². The molecule has 1 atom stereocenters. The Morgan fingerprint density at radius 3 is 2.91 bits per heavy atom. The number of ether oxygens (including phenoxy) is 3. The summed E-state index contributed by atoms with van der Waals surface area (Å²) < 4.78 is 15.5. The van der Waals surface area contributed by atoms with Gasteiger partial charge in [0.2, 0.25) is 5.72 Å². The standard InChI is InChI=1S/C15H19NO6S/c1-15(22-10-18)9-23-14(16-15)12-3-2-11(8-13(12)19)21-7-6-20-5-4-17/h2-3,8,10,17,19H,4-7,9H2,1H3/t15-/m0/s1. The van der Waals surface area contributed by atoms with Crippen molar-refractivity contribution in [3.05, 3.63) is 23.8 Å². The third-order valence-corrected chi connectivity index (χ3v) is 4.31. The summed E-state index contributed by atoms with van der Waals surface area (Å²) in [5.74, 6) is 1.05. The summed E-state index contributed by atoms with van der Waals surface area (Å²) in [6, 6.07) is 4.93. The van der Waals surface area contributed by atoms with Crippen LogP contribution >= 0.6 is 11.8 Å². The first-order valence-corrected chi connectivity index (χ1v) is 8.05. The van der Waals surface area contributed by atoms with Crippen LogP contribution in [0.15, 0.2) is 23.2 Å². The lowest BCUT2D eigenvalue weighted by molar-refractivity contribution is -0.138. The van der Waals surface area contributed by atoms with Crippen molar-refractivity contribution < 1.29 is 29.2 Å². The van der Waals surface area contributed by atoms with Crippen molar-refractivity contribution in [1.82, 2.24) is 0 Å². The van der Waals surface area contributed by atoms with Crippen LogP contribution in [0, 0.1) is 0 Å². The summed E-state index contributed by atoms with van der Waals surface area (Å²) >= 11 is 1.41. The molecular formula is C15H19NO6S. The van der Waals surface area contributed by atoms with Crippen LogP contribution in [0.2, 0.25) is 0 Å². The van der Waals surface area contributed by atoms with Gasteiger partial charge in [-0.05, 0) is 19.1 Å². The quantitative estimate of drug-likeness (QED) is 0.514. The Labute approximate surface area is 138 Å². The summed E-state index contributed by atoms with van der Waals surface area (Å²) in [4.78, 5) is 14.8. The molecule has 126 valence electrons. The van der Waals surface area contributed by atoms with Gasteiger partial charge in [0, 0.05) is 11.6 Å². The first kappa shape index (κ1) is 17.6. The van der Waals surface area contributed by atoms with Gasteiger partial charge in [-0.1, -0.05) is 11.8 Å². The van der Waals surface area contributed by atoms with Crippen LogP contribution in [0.1, 0.15) is 12.5 Å². The van der Waals surface area contributed by atoms with E-state index in [9.17, 15) is 9.90 Å². The number of hydrogen-bond acceptors (Lipinski definition) is 8. The van der Waals surface area contributed by atoms with E-state index in [4.69, 9.17) is 19.3 Å². The molecule has 2 N–H and O–H groups in total. The molecule has 1 aliphatic rings. The lowest BCUT2D eigenvalue weighted by Gasteiger charge is -2.16. The molecule has 0 bridgehead atoms. The van der Waals surface area contributed by atoms with Crippen LogP contribution < -0.4 is 4.74 Å². The van der Waals surface area contributed by atoms with E-state index in [1.54, 1.807) is 19.1 Å². The highest BCUT2D eigenvalue weighted by molar-refractivity contribution is 8.14. The minimum Gasteiger partial charge on any atom is -0.507 e. The largest absolute Gasteiger partial charge is 0.507 e. The van der Waals surface area contributed by atoms with E-state index in [2.05, 4.69) is 4.99 Å². The van der Waals surface area contributed by atoms with E-state index in [0.717, 1.165) is 0 Å². The molecule has 0 radical (unpaired) electrons. The number of thioether (sulfide) groups is 1. The zero-order valence-electron chi connectivity index (χ0n) is 12.7. The van der Waals surface area contributed by atoms with Gasteiger partial charge in [0.05, 0.1) is 25.6 Å². The average molecular weight is 341 g/mol. The molecule has 0 saturated carbocycles. The van der Waals surface area contributed by atoms with E-state index in [-0.39, 0.29) is 19.0 Å². The molecule has 0 aromatic heterocycles. The van der Waals surface area contributed by atoms with Crippen molar-refractivity contribution in [2.45, 2.75) is 12.6 Å². The predicted octanol–water partition coefficient (Wildman–Crippen LogP) is 1.16. The molecule has 8 heteroatoms. The van der Waals surface area contributed by atoms with E-state index in [1.165, 1.54) is 17.8 Å².